The summed E-state index contributed by atoms with van der Waals surface area (Å²) < 4.78 is 4.99. The van der Waals surface area contributed by atoms with E-state index in [2.05, 4.69) is 24.1 Å². The predicted molar refractivity (Wildman–Crippen MR) is 121 cm³/mol. The summed E-state index contributed by atoms with van der Waals surface area (Å²) in [5, 5.41) is 3.34. The van der Waals surface area contributed by atoms with Gasteiger partial charge in [-0.3, -0.25) is 24.2 Å². The van der Waals surface area contributed by atoms with Gasteiger partial charge in [0.25, 0.3) is 5.91 Å². The number of anilines is 2. The van der Waals surface area contributed by atoms with E-state index < -0.39 is 5.97 Å². The first-order valence-corrected chi connectivity index (χ1v) is 11.4. The molecule has 168 valence electrons. The summed E-state index contributed by atoms with van der Waals surface area (Å²) in [6.07, 6.45) is 1.13. The van der Waals surface area contributed by atoms with Crippen molar-refractivity contribution < 1.29 is 23.9 Å². The standard InChI is InChI=1S/C23H25N3O5S/c1-13(2)25-11-10-16-17(12-25)32-22(20(16)23(30)31-3)24-21(29)14-4-6-15(7-5-14)26-18(27)8-9-19(26)28/h4-7,13H,8-12H2,1-3H3,(H,24,29). The Balaban J connectivity index is 1.57. The molecule has 0 saturated carbocycles. The highest BCUT2D eigenvalue weighted by atomic mass is 32.1. The topological polar surface area (TPSA) is 96.0 Å². The minimum atomic E-state index is -0.461. The fourth-order valence-corrected chi connectivity index (χ4v) is 5.33. The van der Waals surface area contributed by atoms with Gasteiger partial charge < -0.3 is 10.1 Å². The molecule has 4 rings (SSSR count). The Morgan fingerprint density at radius 1 is 1.06 bits per heavy atom. The summed E-state index contributed by atoms with van der Waals surface area (Å²) in [5.41, 5.74) is 2.17. The third kappa shape index (κ3) is 4.05. The number of carbonyl (C=O) groups excluding carboxylic acids is 4. The molecule has 0 spiro atoms. The van der Waals surface area contributed by atoms with E-state index in [4.69, 9.17) is 4.74 Å². The lowest BCUT2D eigenvalue weighted by molar-refractivity contribution is -0.121. The molecule has 2 aliphatic rings. The number of amides is 3. The average molecular weight is 456 g/mol. The molecule has 0 unspecified atom stereocenters. The molecule has 2 aliphatic heterocycles. The second kappa shape index (κ2) is 8.84. The van der Waals surface area contributed by atoms with E-state index >= 15 is 0 Å². The van der Waals surface area contributed by atoms with Crippen molar-refractivity contribution in [2.75, 3.05) is 23.9 Å². The quantitative estimate of drug-likeness (QED) is 0.549. The van der Waals surface area contributed by atoms with Crippen LogP contribution in [-0.2, 0) is 27.3 Å². The first-order chi connectivity index (χ1) is 15.3. The Hall–Kier alpha value is -3.04. The number of rotatable bonds is 5. The van der Waals surface area contributed by atoms with Crippen molar-refractivity contribution in [1.29, 1.82) is 0 Å². The van der Waals surface area contributed by atoms with Crippen molar-refractivity contribution in [2.24, 2.45) is 0 Å². The summed E-state index contributed by atoms with van der Waals surface area (Å²) >= 11 is 1.40. The molecular formula is C23H25N3O5S. The van der Waals surface area contributed by atoms with Gasteiger partial charge in [0.1, 0.15) is 5.00 Å². The number of fused-ring (bicyclic) bond motifs is 1. The highest BCUT2D eigenvalue weighted by molar-refractivity contribution is 7.17. The molecule has 1 N–H and O–H groups in total. The maximum Gasteiger partial charge on any atom is 0.341 e. The van der Waals surface area contributed by atoms with Crippen LogP contribution in [0.25, 0.3) is 0 Å². The molecule has 1 aromatic heterocycles. The Bertz CT molecular complexity index is 1070. The van der Waals surface area contributed by atoms with E-state index in [9.17, 15) is 19.2 Å². The van der Waals surface area contributed by atoms with Crippen LogP contribution < -0.4 is 10.2 Å². The molecule has 1 fully saturated rings. The first kappa shape index (κ1) is 22.2. The highest BCUT2D eigenvalue weighted by Crippen LogP contribution is 2.38. The van der Waals surface area contributed by atoms with Gasteiger partial charge in [0.05, 0.1) is 18.4 Å². The number of carbonyl (C=O) groups is 4. The van der Waals surface area contributed by atoms with Crippen molar-refractivity contribution in [3.63, 3.8) is 0 Å². The summed E-state index contributed by atoms with van der Waals surface area (Å²) in [7, 11) is 1.33. The molecule has 0 bridgehead atoms. The monoisotopic (exact) mass is 455 g/mol. The summed E-state index contributed by atoms with van der Waals surface area (Å²) in [5.74, 6) is -1.32. The van der Waals surface area contributed by atoms with Gasteiger partial charge >= 0.3 is 5.97 Å². The van der Waals surface area contributed by atoms with Crippen LogP contribution in [0.15, 0.2) is 24.3 Å². The smallest absolute Gasteiger partial charge is 0.341 e. The fourth-order valence-electron chi connectivity index (χ4n) is 4.07. The van der Waals surface area contributed by atoms with Crippen LogP contribution in [0.1, 0.15) is 57.8 Å². The lowest BCUT2D eigenvalue weighted by atomic mass is 10.0. The van der Waals surface area contributed by atoms with E-state index in [1.807, 2.05) is 0 Å². The first-order valence-electron chi connectivity index (χ1n) is 10.5. The molecule has 3 heterocycles. The number of imide groups is 1. The van der Waals surface area contributed by atoms with Crippen LogP contribution in [0.2, 0.25) is 0 Å². The molecule has 0 radical (unpaired) electrons. The molecule has 3 amide bonds. The van der Waals surface area contributed by atoms with Crippen molar-refractivity contribution >= 4 is 45.7 Å². The second-order valence-corrected chi connectivity index (χ2v) is 9.24. The molecule has 2 aromatic rings. The number of methoxy groups -OCH3 is 1. The summed E-state index contributed by atoms with van der Waals surface area (Å²) in [6.45, 7) is 5.84. The number of ether oxygens (including phenoxy) is 1. The zero-order chi connectivity index (χ0) is 23.0. The molecule has 0 atom stereocenters. The zero-order valence-electron chi connectivity index (χ0n) is 18.3. The maximum absolute atomic E-state index is 12.9. The van der Waals surface area contributed by atoms with Crippen molar-refractivity contribution in [3.8, 4) is 0 Å². The van der Waals surface area contributed by atoms with Gasteiger partial charge in [0.2, 0.25) is 11.8 Å². The lowest BCUT2D eigenvalue weighted by Gasteiger charge is -2.30. The largest absolute Gasteiger partial charge is 0.465 e. The van der Waals surface area contributed by atoms with Crippen LogP contribution in [-0.4, -0.2) is 48.3 Å². The number of hydrogen-bond donors (Lipinski definition) is 1. The molecular weight excluding hydrogens is 430 g/mol. The second-order valence-electron chi connectivity index (χ2n) is 8.14. The minimum absolute atomic E-state index is 0.203. The van der Waals surface area contributed by atoms with E-state index in [1.165, 1.54) is 18.4 Å². The number of thiophene rings is 1. The normalized spacial score (nSPS) is 16.4. The zero-order valence-corrected chi connectivity index (χ0v) is 19.1. The number of esters is 1. The van der Waals surface area contributed by atoms with E-state index in [1.54, 1.807) is 24.3 Å². The molecule has 1 aromatic carbocycles. The average Bonchev–Trinajstić information content (AvgIpc) is 3.31. The molecule has 0 aliphatic carbocycles. The van der Waals surface area contributed by atoms with Gasteiger partial charge in [0, 0.05) is 42.4 Å². The molecule has 9 heteroatoms. The SMILES string of the molecule is COC(=O)c1c(NC(=O)c2ccc(N3C(=O)CCC3=O)cc2)sc2c1CCN(C(C)C)C2. The number of nitrogens with one attached hydrogen (secondary N) is 1. The van der Waals surface area contributed by atoms with Crippen LogP contribution in [0.5, 0.6) is 0 Å². The van der Waals surface area contributed by atoms with Crippen LogP contribution in [0, 0.1) is 0 Å². The Labute approximate surface area is 190 Å². The molecule has 8 nitrogen and oxygen atoms in total. The van der Waals surface area contributed by atoms with Gasteiger partial charge in [-0.05, 0) is 50.1 Å². The number of hydrogen-bond acceptors (Lipinski definition) is 7. The number of benzene rings is 1. The number of nitrogens with zero attached hydrogens (tertiary/aromatic N) is 2. The minimum Gasteiger partial charge on any atom is -0.465 e. The van der Waals surface area contributed by atoms with Gasteiger partial charge in [-0.1, -0.05) is 0 Å². The van der Waals surface area contributed by atoms with Gasteiger partial charge in [-0.2, -0.15) is 0 Å². The van der Waals surface area contributed by atoms with Gasteiger partial charge in [0.15, 0.2) is 0 Å². The van der Waals surface area contributed by atoms with Crippen molar-refractivity contribution in [3.05, 3.63) is 45.8 Å². The Kier molecular flexibility index (Phi) is 6.12. The van der Waals surface area contributed by atoms with E-state index in [0.29, 0.717) is 27.9 Å². The maximum atomic E-state index is 12.9. The predicted octanol–water partition coefficient (Wildman–Crippen LogP) is 3.21. The van der Waals surface area contributed by atoms with Crippen LogP contribution in [0.4, 0.5) is 10.7 Å². The summed E-state index contributed by atoms with van der Waals surface area (Å²) in [6, 6.07) is 6.68. The van der Waals surface area contributed by atoms with Crippen LogP contribution in [0.3, 0.4) is 0 Å². The molecule has 32 heavy (non-hydrogen) atoms. The van der Waals surface area contributed by atoms with Gasteiger partial charge in [-0.15, -0.1) is 11.3 Å². The third-order valence-corrected chi connectivity index (χ3v) is 7.00. The van der Waals surface area contributed by atoms with Gasteiger partial charge in [-0.25, -0.2) is 4.79 Å². The van der Waals surface area contributed by atoms with E-state index in [-0.39, 0.29) is 30.6 Å². The van der Waals surface area contributed by atoms with Crippen molar-refractivity contribution in [2.45, 2.75) is 45.7 Å². The fraction of sp³-hybridized carbons (Fsp3) is 0.391. The third-order valence-electron chi connectivity index (χ3n) is 5.87. The van der Waals surface area contributed by atoms with Crippen LogP contribution >= 0.6 is 11.3 Å². The highest BCUT2D eigenvalue weighted by Gasteiger charge is 2.31. The lowest BCUT2D eigenvalue weighted by Crippen LogP contribution is -2.35. The molecule has 1 saturated heterocycles. The van der Waals surface area contributed by atoms with E-state index in [0.717, 1.165) is 34.9 Å². The Morgan fingerprint density at radius 3 is 2.31 bits per heavy atom. The Morgan fingerprint density at radius 2 is 1.72 bits per heavy atom. The summed E-state index contributed by atoms with van der Waals surface area (Å²) in [4.78, 5) is 53.8. The van der Waals surface area contributed by atoms with Crippen molar-refractivity contribution in [1.82, 2.24) is 4.90 Å².